The maximum absolute atomic E-state index is 12.9. The van der Waals surface area contributed by atoms with E-state index in [0.717, 1.165) is 16.7 Å². The fraction of sp³-hybridized carbons (Fsp3) is 0.391. The monoisotopic (exact) mass is 382 g/mol. The Morgan fingerprint density at radius 2 is 1.71 bits per heavy atom. The number of carbonyl (C=O) groups excluding carboxylic acids is 2. The van der Waals surface area contributed by atoms with E-state index in [-0.39, 0.29) is 18.4 Å². The summed E-state index contributed by atoms with van der Waals surface area (Å²) in [6, 6.07) is 15.2. The molecule has 0 fully saturated rings. The van der Waals surface area contributed by atoms with E-state index < -0.39 is 6.04 Å². The molecule has 2 aromatic carbocycles. The molecule has 150 valence electrons. The summed E-state index contributed by atoms with van der Waals surface area (Å²) in [7, 11) is 0. The van der Waals surface area contributed by atoms with Gasteiger partial charge in [-0.2, -0.15) is 0 Å². The summed E-state index contributed by atoms with van der Waals surface area (Å²) in [6.07, 6.45) is 0.680. The minimum atomic E-state index is -0.556. The molecule has 0 spiro atoms. The number of likely N-dealkylation sites (N-methyl/N-ethyl adjacent to an activating group) is 1. The molecule has 0 heterocycles. The number of nitrogens with zero attached hydrogens (tertiary/aromatic N) is 1. The van der Waals surface area contributed by atoms with E-state index in [2.05, 4.69) is 11.4 Å². The molecule has 0 bridgehead atoms. The molecule has 0 aromatic heterocycles. The molecule has 1 unspecified atom stereocenters. The van der Waals surface area contributed by atoms with Crippen LogP contribution in [0.5, 0.6) is 5.75 Å². The summed E-state index contributed by atoms with van der Waals surface area (Å²) >= 11 is 0. The van der Waals surface area contributed by atoms with Crippen molar-refractivity contribution in [3.05, 3.63) is 65.2 Å². The Morgan fingerprint density at radius 3 is 2.32 bits per heavy atom. The zero-order chi connectivity index (χ0) is 20.5. The van der Waals surface area contributed by atoms with E-state index in [0.29, 0.717) is 25.3 Å². The zero-order valence-electron chi connectivity index (χ0n) is 17.2. The molecular formula is C23H30N2O3. The Hall–Kier alpha value is -2.82. The van der Waals surface area contributed by atoms with E-state index in [4.69, 9.17) is 4.74 Å². The van der Waals surface area contributed by atoms with Gasteiger partial charge in [-0.25, -0.2) is 0 Å². The summed E-state index contributed by atoms with van der Waals surface area (Å²) in [6.45, 7) is 8.49. The smallest absolute Gasteiger partial charge is 0.261 e. The van der Waals surface area contributed by atoms with Crippen molar-refractivity contribution in [1.82, 2.24) is 10.2 Å². The molecule has 0 saturated heterocycles. The molecule has 5 nitrogen and oxygen atoms in total. The van der Waals surface area contributed by atoms with E-state index in [1.54, 1.807) is 11.8 Å². The summed E-state index contributed by atoms with van der Waals surface area (Å²) < 4.78 is 5.73. The molecule has 2 aromatic rings. The fourth-order valence-electron chi connectivity index (χ4n) is 3.14. The number of ether oxygens (including phenoxy) is 1. The van der Waals surface area contributed by atoms with E-state index >= 15 is 0 Å². The Balaban J connectivity index is 2.07. The summed E-state index contributed by atoms with van der Waals surface area (Å²) in [5, 5.41) is 2.79. The number of amides is 2. The first kappa shape index (κ1) is 21.5. The van der Waals surface area contributed by atoms with Gasteiger partial charge in [0.05, 0.1) is 0 Å². The number of hydrogen-bond acceptors (Lipinski definition) is 3. The molecule has 0 aliphatic carbocycles. The first-order valence-electron chi connectivity index (χ1n) is 9.73. The molecule has 0 aliphatic rings. The number of hydrogen-bond donors (Lipinski definition) is 1. The van der Waals surface area contributed by atoms with Crippen LogP contribution in [0.4, 0.5) is 0 Å². The zero-order valence-corrected chi connectivity index (χ0v) is 17.2. The number of carbonyl (C=O) groups is 2. The molecular weight excluding hydrogens is 352 g/mol. The van der Waals surface area contributed by atoms with Crippen LogP contribution in [0.3, 0.4) is 0 Å². The predicted molar refractivity (Wildman–Crippen MR) is 111 cm³/mol. The van der Waals surface area contributed by atoms with Crippen LogP contribution in [0.15, 0.2) is 48.5 Å². The van der Waals surface area contributed by atoms with Crippen LogP contribution >= 0.6 is 0 Å². The van der Waals surface area contributed by atoms with Crippen molar-refractivity contribution in [3.8, 4) is 5.75 Å². The van der Waals surface area contributed by atoms with Crippen molar-refractivity contribution in [3.63, 3.8) is 0 Å². The largest absolute Gasteiger partial charge is 0.484 e. The highest BCUT2D eigenvalue weighted by Gasteiger charge is 2.25. The van der Waals surface area contributed by atoms with Gasteiger partial charge < -0.3 is 15.0 Å². The third-order valence-corrected chi connectivity index (χ3v) is 4.56. The topological polar surface area (TPSA) is 58.6 Å². The molecule has 1 N–H and O–H groups in total. The van der Waals surface area contributed by atoms with Gasteiger partial charge in [-0.05, 0) is 62.9 Å². The number of aryl methyl sites for hydroxylation is 2. The molecule has 2 rings (SSSR count). The van der Waals surface area contributed by atoms with E-state index in [9.17, 15) is 9.59 Å². The van der Waals surface area contributed by atoms with Crippen LogP contribution in [-0.4, -0.2) is 42.5 Å². The Bertz CT molecular complexity index is 769. The number of benzene rings is 2. The highest BCUT2D eigenvalue weighted by atomic mass is 16.5. The van der Waals surface area contributed by atoms with Crippen LogP contribution in [0, 0.1) is 13.8 Å². The Kier molecular flexibility index (Phi) is 8.05. The minimum Gasteiger partial charge on any atom is -0.484 e. The van der Waals surface area contributed by atoms with E-state index in [1.807, 2.05) is 63.2 Å². The van der Waals surface area contributed by atoms with Gasteiger partial charge in [0, 0.05) is 13.1 Å². The second-order valence-corrected chi connectivity index (χ2v) is 7.01. The standard InChI is InChI=1S/C23H30N2O3/c1-5-24-23(27)19(4)25(12-11-20-9-7-6-8-10-20)22(26)16-28-21-14-17(2)13-18(3)15-21/h6-10,13-15,19H,5,11-12,16H2,1-4H3,(H,24,27). The molecule has 0 radical (unpaired) electrons. The average Bonchev–Trinajstić information content (AvgIpc) is 2.66. The van der Waals surface area contributed by atoms with Gasteiger partial charge in [-0.1, -0.05) is 36.4 Å². The van der Waals surface area contributed by atoms with Crippen molar-refractivity contribution in [2.24, 2.45) is 0 Å². The lowest BCUT2D eigenvalue weighted by Crippen LogP contribution is -2.50. The van der Waals surface area contributed by atoms with Gasteiger partial charge in [0.2, 0.25) is 5.91 Å². The number of rotatable bonds is 9. The average molecular weight is 383 g/mol. The second kappa shape index (κ2) is 10.5. The van der Waals surface area contributed by atoms with Crippen LogP contribution < -0.4 is 10.1 Å². The SMILES string of the molecule is CCNC(=O)C(C)N(CCc1ccccc1)C(=O)COc1cc(C)cc(C)c1. The van der Waals surface area contributed by atoms with Crippen LogP contribution in [-0.2, 0) is 16.0 Å². The highest BCUT2D eigenvalue weighted by Crippen LogP contribution is 2.16. The highest BCUT2D eigenvalue weighted by molar-refractivity contribution is 5.87. The first-order chi connectivity index (χ1) is 13.4. The Labute approximate surface area is 167 Å². The lowest BCUT2D eigenvalue weighted by atomic mass is 10.1. The fourth-order valence-corrected chi connectivity index (χ4v) is 3.14. The molecule has 5 heteroatoms. The van der Waals surface area contributed by atoms with Crippen LogP contribution in [0.25, 0.3) is 0 Å². The first-order valence-corrected chi connectivity index (χ1v) is 9.73. The molecule has 2 amide bonds. The maximum atomic E-state index is 12.9. The minimum absolute atomic E-state index is 0.0958. The van der Waals surface area contributed by atoms with Gasteiger partial charge >= 0.3 is 0 Å². The third-order valence-electron chi connectivity index (χ3n) is 4.56. The van der Waals surface area contributed by atoms with Crippen LogP contribution in [0.1, 0.15) is 30.5 Å². The van der Waals surface area contributed by atoms with Crippen molar-refractivity contribution >= 4 is 11.8 Å². The Morgan fingerprint density at radius 1 is 1.07 bits per heavy atom. The number of nitrogens with one attached hydrogen (secondary N) is 1. The lowest BCUT2D eigenvalue weighted by molar-refractivity contribution is -0.141. The summed E-state index contributed by atoms with van der Waals surface area (Å²) in [5.74, 6) is 0.309. The second-order valence-electron chi connectivity index (χ2n) is 7.01. The van der Waals surface area contributed by atoms with Gasteiger partial charge in [0.1, 0.15) is 11.8 Å². The molecule has 28 heavy (non-hydrogen) atoms. The normalized spacial score (nSPS) is 11.6. The van der Waals surface area contributed by atoms with Crippen LogP contribution in [0.2, 0.25) is 0 Å². The molecule has 1 atom stereocenters. The van der Waals surface area contributed by atoms with Gasteiger partial charge in [-0.3, -0.25) is 9.59 Å². The van der Waals surface area contributed by atoms with Crippen molar-refractivity contribution in [1.29, 1.82) is 0 Å². The maximum Gasteiger partial charge on any atom is 0.261 e. The summed E-state index contributed by atoms with van der Waals surface area (Å²) in [4.78, 5) is 26.8. The van der Waals surface area contributed by atoms with Gasteiger partial charge in [-0.15, -0.1) is 0 Å². The van der Waals surface area contributed by atoms with Crippen molar-refractivity contribution in [2.45, 2.75) is 40.2 Å². The van der Waals surface area contributed by atoms with Gasteiger partial charge in [0.25, 0.3) is 5.91 Å². The van der Waals surface area contributed by atoms with E-state index in [1.165, 1.54) is 0 Å². The predicted octanol–water partition coefficient (Wildman–Crippen LogP) is 3.28. The third kappa shape index (κ3) is 6.41. The summed E-state index contributed by atoms with van der Waals surface area (Å²) in [5.41, 5.74) is 3.29. The molecule has 0 saturated carbocycles. The van der Waals surface area contributed by atoms with Crippen molar-refractivity contribution < 1.29 is 14.3 Å². The molecule has 0 aliphatic heterocycles. The van der Waals surface area contributed by atoms with Gasteiger partial charge in [0.15, 0.2) is 6.61 Å². The lowest BCUT2D eigenvalue weighted by Gasteiger charge is -2.28. The quantitative estimate of drug-likeness (QED) is 0.724. The van der Waals surface area contributed by atoms with Crippen molar-refractivity contribution in [2.75, 3.05) is 19.7 Å².